The van der Waals surface area contributed by atoms with Crippen molar-refractivity contribution in [3.8, 4) is 0 Å². The maximum Gasteiger partial charge on any atom is 0.253 e. The standard InChI is InChI=1S/C18H30N2O/c1-7-10-19-16-9-8-14(4)11-15(16)17(21)20-12-18(5,6)13(2)3/h8-9,11,13,19H,7,10,12H2,1-6H3,(H,20,21). The van der Waals surface area contributed by atoms with Gasteiger partial charge in [-0.2, -0.15) is 0 Å². The molecule has 118 valence electrons. The summed E-state index contributed by atoms with van der Waals surface area (Å²) in [5.41, 5.74) is 2.85. The smallest absolute Gasteiger partial charge is 0.253 e. The highest BCUT2D eigenvalue weighted by molar-refractivity contribution is 5.99. The zero-order chi connectivity index (χ0) is 16.0. The summed E-state index contributed by atoms with van der Waals surface area (Å²) in [6, 6.07) is 5.98. The van der Waals surface area contributed by atoms with Crippen LogP contribution in [0.1, 0.15) is 57.0 Å². The zero-order valence-electron chi connectivity index (χ0n) is 14.3. The molecular weight excluding hydrogens is 260 g/mol. The van der Waals surface area contributed by atoms with E-state index in [0.717, 1.165) is 29.8 Å². The van der Waals surface area contributed by atoms with Gasteiger partial charge in [0.1, 0.15) is 0 Å². The maximum absolute atomic E-state index is 12.5. The van der Waals surface area contributed by atoms with Crippen LogP contribution >= 0.6 is 0 Å². The average Bonchev–Trinajstić information content (AvgIpc) is 2.43. The second-order valence-corrected chi connectivity index (χ2v) is 6.80. The number of benzene rings is 1. The van der Waals surface area contributed by atoms with E-state index >= 15 is 0 Å². The van der Waals surface area contributed by atoms with Crippen molar-refractivity contribution in [2.75, 3.05) is 18.4 Å². The van der Waals surface area contributed by atoms with Crippen LogP contribution in [-0.4, -0.2) is 19.0 Å². The topological polar surface area (TPSA) is 41.1 Å². The minimum Gasteiger partial charge on any atom is -0.384 e. The summed E-state index contributed by atoms with van der Waals surface area (Å²) in [4.78, 5) is 12.5. The lowest BCUT2D eigenvalue weighted by atomic mass is 9.81. The van der Waals surface area contributed by atoms with Gasteiger partial charge in [0.15, 0.2) is 0 Å². The van der Waals surface area contributed by atoms with E-state index in [4.69, 9.17) is 0 Å². The molecule has 1 amide bonds. The first-order valence-corrected chi connectivity index (χ1v) is 7.90. The Hall–Kier alpha value is -1.51. The number of carbonyl (C=O) groups excluding carboxylic acids is 1. The zero-order valence-corrected chi connectivity index (χ0v) is 14.3. The van der Waals surface area contributed by atoms with Gasteiger partial charge in [-0.3, -0.25) is 4.79 Å². The van der Waals surface area contributed by atoms with Gasteiger partial charge in [0.2, 0.25) is 0 Å². The highest BCUT2D eigenvalue weighted by atomic mass is 16.1. The molecule has 1 aromatic carbocycles. The van der Waals surface area contributed by atoms with Crippen LogP contribution in [0.3, 0.4) is 0 Å². The van der Waals surface area contributed by atoms with E-state index in [1.165, 1.54) is 0 Å². The molecule has 0 aliphatic carbocycles. The molecule has 0 aliphatic heterocycles. The molecule has 0 bridgehead atoms. The Kier molecular flexibility index (Phi) is 6.25. The van der Waals surface area contributed by atoms with Crippen molar-refractivity contribution < 1.29 is 4.79 Å². The summed E-state index contributed by atoms with van der Waals surface area (Å²) < 4.78 is 0. The van der Waals surface area contributed by atoms with Gasteiger partial charge in [-0.15, -0.1) is 0 Å². The lowest BCUT2D eigenvalue weighted by Crippen LogP contribution is -2.37. The number of aryl methyl sites for hydroxylation is 1. The summed E-state index contributed by atoms with van der Waals surface area (Å²) in [5, 5.41) is 6.42. The molecule has 0 unspecified atom stereocenters. The van der Waals surface area contributed by atoms with Crippen molar-refractivity contribution in [2.45, 2.75) is 48.0 Å². The number of anilines is 1. The van der Waals surface area contributed by atoms with Crippen LogP contribution in [-0.2, 0) is 0 Å². The molecule has 21 heavy (non-hydrogen) atoms. The fourth-order valence-corrected chi connectivity index (χ4v) is 1.87. The van der Waals surface area contributed by atoms with Gasteiger partial charge in [-0.25, -0.2) is 0 Å². The predicted octanol–water partition coefficient (Wildman–Crippen LogP) is 4.23. The van der Waals surface area contributed by atoms with Crippen LogP contribution in [0, 0.1) is 18.3 Å². The highest BCUT2D eigenvalue weighted by Gasteiger charge is 2.23. The summed E-state index contributed by atoms with van der Waals surface area (Å²) in [5.74, 6) is 0.527. The third kappa shape index (κ3) is 5.07. The second kappa shape index (κ2) is 7.48. The van der Waals surface area contributed by atoms with Gasteiger partial charge in [0.05, 0.1) is 5.56 Å². The first-order chi connectivity index (χ1) is 9.77. The maximum atomic E-state index is 12.5. The van der Waals surface area contributed by atoms with Crippen LogP contribution in [0.5, 0.6) is 0 Å². The normalized spacial score (nSPS) is 11.6. The molecule has 3 nitrogen and oxygen atoms in total. The minimum absolute atomic E-state index is 0.00558. The average molecular weight is 290 g/mol. The summed E-state index contributed by atoms with van der Waals surface area (Å²) in [6.45, 7) is 14.4. The van der Waals surface area contributed by atoms with Crippen LogP contribution in [0.2, 0.25) is 0 Å². The number of amides is 1. The molecule has 0 radical (unpaired) electrons. The predicted molar refractivity (Wildman–Crippen MR) is 90.9 cm³/mol. The number of carbonyl (C=O) groups is 1. The Morgan fingerprint density at radius 1 is 1.29 bits per heavy atom. The van der Waals surface area contributed by atoms with E-state index in [9.17, 15) is 4.79 Å². The molecule has 0 aliphatic rings. The van der Waals surface area contributed by atoms with E-state index in [1.54, 1.807) is 0 Å². The third-order valence-electron chi connectivity index (χ3n) is 4.25. The second-order valence-electron chi connectivity index (χ2n) is 6.80. The molecule has 1 aromatic rings. The lowest BCUT2D eigenvalue weighted by molar-refractivity contribution is 0.0925. The van der Waals surface area contributed by atoms with Crippen LogP contribution < -0.4 is 10.6 Å². The van der Waals surface area contributed by atoms with Crippen LogP contribution in [0.4, 0.5) is 5.69 Å². The fraction of sp³-hybridized carbons (Fsp3) is 0.611. The molecule has 0 fully saturated rings. The fourth-order valence-electron chi connectivity index (χ4n) is 1.87. The van der Waals surface area contributed by atoms with Gasteiger partial charge in [-0.05, 0) is 36.8 Å². The summed E-state index contributed by atoms with van der Waals surface area (Å²) in [6.07, 6.45) is 1.04. The van der Waals surface area contributed by atoms with E-state index < -0.39 is 0 Å². The van der Waals surface area contributed by atoms with Gasteiger partial charge in [0, 0.05) is 18.8 Å². The molecule has 0 heterocycles. The molecule has 0 spiro atoms. The molecule has 1 rings (SSSR count). The van der Waals surface area contributed by atoms with Crippen LogP contribution in [0.15, 0.2) is 18.2 Å². The number of rotatable bonds is 7. The third-order valence-corrected chi connectivity index (χ3v) is 4.25. The quantitative estimate of drug-likeness (QED) is 0.789. The van der Waals surface area contributed by atoms with Gasteiger partial charge in [0.25, 0.3) is 5.91 Å². The van der Waals surface area contributed by atoms with Gasteiger partial charge < -0.3 is 10.6 Å². The van der Waals surface area contributed by atoms with E-state index in [1.807, 2.05) is 25.1 Å². The van der Waals surface area contributed by atoms with Gasteiger partial charge in [-0.1, -0.05) is 46.2 Å². The molecule has 0 atom stereocenters. The first-order valence-electron chi connectivity index (χ1n) is 7.90. The van der Waals surface area contributed by atoms with Crippen molar-refractivity contribution in [3.63, 3.8) is 0 Å². The largest absolute Gasteiger partial charge is 0.384 e. The molecule has 0 aromatic heterocycles. The lowest BCUT2D eigenvalue weighted by Gasteiger charge is -2.29. The van der Waals surface area contributed by atoms with Crippen molar-refractivity contribution in [1.29, 1.82) is 0 Å². The van der Waals surface area contributed by atoms with E-state index in [2.05, 4.69) is 45.3 Å². The number of hydrogen-bond acceptors (Lipinski definition) is 2. The Bertz CT molecular complexity index is 478. The van der Waals surface area contributed by atoms with Gasteiger partial charge >= 0.3 is 0 Å². The SMILES string of the molecule is CCCNc1ccc(C)cc1C(=O)NCC(C)(C)C(C)C. The molecule has 0 saturated carbocycles. The number of hydrogen-bond donors (Lipinski definition) is 2. The first kappa shape index (κ1) is 17.5. The van der Waals surface area contributed by atoms with Crippen molar-refractivity contribution in [1.82, 2.24) is 5.32 Å². The van der Waals surface area contributed by atoms with E-state index in [-0.39, 0.29) is 11.3 Å². The van der Waals surface area contributed by atoms with Crippen molar-refractivity contribution >= 4 is 11.6 Å². The minimum atomic E-state index is 0.00558. The molecular formula is C18H30N2O. The Morgan fingerprint density at radius 2 is 1.95 bits per heavy atom. The number of nitrogens with one attached hydrogen (secondary N) is 2. The van der Waals surface area contributed by atoms with Crippen molar-refractivity contribution in [2.24, 2.45) is 11.3 Å². The Labute approximate surface area is 129 Å². The van der Waals surface area contributed by atoms with Crippen LogP contribution in [0.25, 0.3) is 0 Å². The summed E-state index contributed by atoms with van der Waals surface area (Å²) >= 11 is 0. The highest BCUT2D eigenvalue weighted by Crippen LogP contribution is 2.25. The molecule has 2 N–H and O–H groups in total. The molecule has 0 saturated heterocycles. The summed E-state index contributed by atoms with van der Waals surface area (Å²) in [7, 11) is 0. The monoisotopic (exact) mass is 290 g/mol. The van der Waals surface area contributed by atoms with E-state index in [0.29, 0.717) is 12.5 Å². The molecule has 3 heteroatoms. The Balaban J connectivity index is 2.83. The Morgan fingerprint density at radius 3 is 2.52 bits per heavy atom. The van der Waals surface area contributed by atoms with Crippen molar-refractivity contribution in [3.05, 3.63) is 29.3 Å².